The van der Waals surface area contributed by atoms with Gasteiger partial charge in [0, 0.05) is 24.7 Å². The van der Waals surface area contributed by atoms with Crippen LogP contribution in [0.15, 0.2) is 67.0 Å². The van der Waals surface area contributed by atoms with E-state index in [1.165, 1.54) is 22.9 Å². The largest absolute Gasteiger partial charge is 0.394 e. The number of aromatic nitrogens is 2. The number of amides is 1. The highest BCUT2D eigenvalue weighted by Crippen LogP contribution is 2.24. The van der Waals surface area contributed by atoms with Crippen molar-refractivity contribution in [1.82, 2.24) is 15.1 Å². The van der Waals surface area contributed by atoms with E-state index in [1.807, 2.05) is 18.2 Å². The van der Waals surface area contributed by atoms with Crippen molar-refractivity contribution in [1.29, 1.82) is 0 Å². The van der Waals surface area contributed by atoms with E-state index in [0.29, 0.717) is 18.5 Å². The Bertz CT molecular complexity index is 1390. The molecule has 3 aromatic rings. The predicted octanol–water partition coefficient (Wildman–Crippen LogP) is 2.49. The molecule has 0 unspecified atom stereocenters. The van der Waals surface area contributed by atoms with Gasteiger partial charge < -0.3 is 45.4 Å². The second kappa shape index (κ2) is 20.6. The lowest BCUT2D eigenvalue weighted by Crippen LogP contribution is -2.60. The fourth-order valence-corrected chi connectivity index (χ4v) is 6.13. The Morgan fingerprint density at radius 2 is 1.54 bits per heavy atom. The van der Waals surface area contributed by atoms with E-state index in [-0.39, 0.29) is 12.3 Å². The molecule has 0 bridgehead atoms. The maximum absolute atomic E-state index is 13.0. The summed E-state index contributed by atoms with van der Waals surface area (Å²) in [4.78, 5) is 13.0. The van der Waals surface area contributed by atoms with E-state index in [0.717, 1.165) is 51.4 Å². The van der Waals surface area contributed by atoms with Crippen LogP contribution in [0.1, 0.15) is 79.7 Å². The van der Waals surface area contributed by atoms with E-state index < -0.39 is 62.2 Å². The van der Waals surface area contributed by atoms with Crippen LogP contribution in [-0.4, -0.2) is 102 Å². The van der Waals surface area contributed by atoms with Crippen molar-refractivity contribution in [3.05, 3.63) is 89.2 Å². The number of nitrogens with one attached hydrogen (secondary N) is 1. The average molecular weight is 698 g/mol. The molecule has 2 aromatic carbocycles. The summed E-state index contributed by atoms with van der Waals surface area (Å²) in [7, 11) is 0. The second-order valence-corrected chi connectivity index (χ2v) is 13.4. The summed E-state index contributed by atoms with van der Waals surface area (Å²) in [6, 6.07) is 17.6. The summed E-state index contributed by atoms with van der Waals surface area (Å²) >= 11 is 0. The molecule has 276 valence electrons. The van der Waals surface area contributed by atoms with Crippen molar-refractivity contribution in [2.45, 2.75) is 127 Å². The molecule has 4 rings (SSSR count). The average Bonchev–Trinajstić information content (AvgIpc) is 3.60. The second-order valence-electron chi connectivity index (χ2n) is 13.4. The third kappa shape index (κ3) is 12.2. The van der Waals surface area contributed by atoms with Crippen molar-refractivity contribution in [3.63, 3.8) is 0 Å². The highest BCUT2D eigenvalue weighted by atomic mass is 16.7. The van der Waals surface area contributed by atoms with Gasteiger partial charge in [-0.3, -0.25) is 9.48 Å². The van der Waals surface area contributed by atoms with Crippen LogP contribution in [0.2, 0.25) is 0 Å². The van der Waals surface area contributed by atoms with Gasteiger partial charge in [-0.05, 0) is 56.6 Å². The molecule has 50 heavy (non-hydrogen) atoms. The van der Waals surface area contributed by atoms with Gasteiger partial charge >= 0.3 is 0 Å². The molecule has 7 N–H and O–H groups in total. The molecule has 0 saturated carbocycles. The number of ether oxygens (including phenoxy) is 2. The van der Waals surface area contributed by atoms with Crippen molar-refractivity contribution >= 4 is 5.91 Å². The molecule has 12 nitrogen and oxygen atoms in total. The maximum atomic E-state index is 13.0. The minimum Gasteiger partial charge on any atom is -0.394 e. The molecule has 1 aliphatic heterocycles. The first kappa shape index (κ1) is 39.6. The van der Waals surface area contributed by atoms with E-state index >= 15 is 0 Å². The van der Waals surface area contributed by atoms with Crippen LogP contribution in [0.4, 0.5) is 0 Å². The molecule has 8 atom stereocenters. The molecule has 2 heterocycles. The summed E-state index contributed by atoms with van der Waals surface area (Å²) in [6.07, 6.45) is 1.32. The van der Waals surface area contributed by atoms with Gasteiger partial charge in [0.05, 0.1) is 25.5 Å². The fourth-order valence-electron chi connectivity index (χ4n) is 6.13. The van der Waals surface area contributed by atoms with Gasteiger partial charge in [-0.1, -0.05) is 79.4 Å². The number of carbonyl (C=O) groups is 1. The zero-order chi connectivity index (χ0) is 35.9. The van der Waals surface area contributed by atoms with Crippen LogP contribution in [0, 0.1) is 6.92 Å². The molecule has 12 heteroatoms. The normalized spacial score (nSPS) is 22.6. The summed E-state index contributed by atoms with van der Waals surface area (Å²) in [5.41, 5.74) is 4.20. The molecule has 1 amide bonds. The first-order valence-electron chi connectivity index (χ1n) is 17.9. The Kier molecular flexibility index (Phi) is 16.3. The minimum atomic E-state index is -1.66. The number of aliphatic hydroxyl groups excluding tert-OH is 6. The number of rotatable bonds is 21. The van der Waals surface area contributed by atoms with Gasteiger partial charge in [-0.2, -0.15) is 5.10 Å². The number of hydrogen-bond donors (Lipinski definition) is 7. The third-order valence-corrected chi connectivity index (χ3v) is 9.30. The number of aryl methyl sites for hydroxylation is 4. The van der Waals surface area contributed by atoms with Crippen LogP contribution in [-0.2, 0) is 33.7 Å². The van der Waals surface area contributed by atoms with Crippen LogP contribution < -0.4 is 5.32 Å². The highest BCUT2D eigenvalue weighted by molar-refractivity contribution is 5.76. The molecule has 1 aliphatic rings. The third-order valence-electron chi connectivity index (χ3n) is 9.30. The lowest BCUT2D eigenvalue weighted by Gasteiger charge is -2.40. The molecular weight excluding hydrogens is 642 g/mol. The Hall–Kier alpha value is -3.20. The number of aliphatic hydroxyl groups is 6. The SMILES string of the molecule is Cc1ccc(CCCCCCn2cc([C@@H](O)[C@@H](O)[C@H](CO[C@H]3O[C@H](CO)[C@H](O)[C@H](O)[C@H]3O)NC(=O)CCCCCc3ccccc3)cn2)cc1. The van der Waals surface area contributed by atoms with Gasteiger partial charge in [0.15, 0.2) is 6.29 Å². The van der Waals surface area contributed by atoms with Crippen LogP contribution in [0.5, 0.6) is 0 Å². The summed E-state index contributed by atoms with van der Waals surface area (Å²) < 4.78 is 12.8. The number of carbonyl (C=O) groups excluding carboxylic acids is 1. The van der Waals surface area contributed by atoms with Gasteiger partial charge in [-0.15, -0.1) is 0 Å². The zero-order valence-corrected chi connectivity index (χ0v) is 29.0. The van der Waals surface area contributed by atoms with E-state index in [2.05, 4.69) is 53.7 Å². The maximum Gasteiger partial charge on any atom is 0.220 e. The van der Waals surface area contributed by atoms with Gasteiger partial charge in [-0.25, -0.2) is 0 Å². The summed E-state index contributed by atoms with van der Waals surface area (Å²) in [5.74, 6) is -0.351. The smallest absolute Gasteiger partial charge is 0.220 e. The summed E-state index contributed by atoms with van der Waals surface area (Å²) in [6.45, 7) is 1.70. The number of hydrogen-bond acceptors (Lipinski definition) is 10. The van der Waals surface area contributed by atoms with Crippen molar-refractivity contribution in [2.75, 3.05) is 13.2 Å². The number of unbranched alkanes of at least 4 members (excludes halogenated alkanes) is 5. The van der Waals surface area contributed by atoms with E-state index in [9.17, 15) is 35.4 Å². The van der Waals surface area contributed by atoms with Crippen LogP contribution >= 0.6 is 0 Å². The first-order valence-corrected chi connectivity index (χ1v) is 17.9. The minimum absolute atomic E-state index is 0.192. The van der Waals surface area contributed by atoms with Crippen molar-refractivity contribution in [2.24, 2.45) is 0 Å². The Morgan fingerprint density at radius 3 is 2.24 bits per heavy atom. The van der Waals surface area contributed by atoms with E-state index in [1.54, 1.807) is 10.9 Å². The quantitative estimate of drug-likeness (QED) is 0.0816. The lowest BCUT2D eigenvalue weighted by molar-refractivity contribution is -0.303. The topological polar surface area (TPSA) is 187 Å². The predicted molar refractivity (Wildman–Crippen MR) is 187 cm³/mol. The Morgan fingerprint density at radius 1 is 0.880 bits per heavy atom. The molecule has 1 saturated heterocycles. The van der Waals surface area contributed by atoms with Crippen LogP contribution in [0.25, 0.3) is 0 Å². The Balaban J connectivity index is 1.28. The van der Waals surface area contributed by atoms with Gasteiger partial charge in [0.2, 0.25) is 5.91 Å². The van der Waals surface area contributed by atoms with Crippen LogP contribution in [0.3, 0.4) is 0 Å². The molecule has 1 fully saturated rings. The molecule has 0 spiro atoms. The molecule has 0 aliphatic carbocycles. The Labute approximate surface area is 294 Å². The number of nitrogens with zero attached hydrogens (tertiary/aromatic N) is 2. The standard InChI is InChI=1S/C38H55N3O9/c1-26-17-19-28(20-18-26)15-6-2-3-11-21-41-23-29(22-39-41)33(44)34(45)30(25-49-38-37(48)36(47)35(46)31(24-42)50-38)40-32(43)16-10-5-9-14-27-12-7-4-8-13-27/h4,7-8,12-13,17-20,22-23,30-31,33-38,42,44-48H,2-3,5-6,9-11,14-16,21,24-25H2,1H3,(H,40,43)/t30-,31+,33+,34-,35-,36-,37+,38-/m0/s1. The van der Waals surface area contributed by atoms with Gasteiger partial charge in [0.1, 0.15) is 36.6 Å². The van der Waals surface area contributed by atoms with Crippen molar-refractivity contribution in [3.8, 4) is 0 Å². The van der Waals surface area contributed by atoms with Crippen molar-refractivity contribution < 1.29 is 44.9 Å². The monoisotopic (exact) mass is 697 g/mol. The first-order chi connectivity index (χ1) is 24.2. The highest BCUT2D eigenvalue weighted by Gasteiger charge is 2.44. The summed E-state index contributed by atoms with van der Waals surface area (Å²) in [5, 5.41) is 69.8. The zero-order valence-electron chi connectivity index (χ0n) is 29.0. The lowest BCUT2D eigenvalue weighted by atomic mass is 9.99. The number of benzene rings is 2. The van der Waals surface area contributed by atoms with E-state index in [4.69, 9.17) is 9.47 Å². The van der Waals surface area contributed by atoms with Gasteiger partial charge in [0.25, 0.3) is 0 Å². The molecule has 1 aromatic heterocycles. The fraction of sp³-hybridized carbons (Fsp3) is 0.579. The molecule has 0 radical (unpaired) electrons. The molecular formula is C38H55N3O9.